The van der Waals surface area contributed by atoms with E-state index < -0.39 is 5.97 Å². The van der Waals surface area contributed by atoms with Crippen LogP contribution >= 0.6 is 0 Å². The Morgan fingerprint density at radius 3 is 2.38 bits per heavy atom. The lowest BCUT2D eigenvalue weighted by Gasteiger charge is -2.25. The molecule has 24 heavy (non-hydrogen) atoms. The molecule has 0 spiro atoms. The molecule has 0 amide bonds. The lowest BCUT2D eigenvalue weighted by molar-refractivity contribution is -0.870. The molecule has 2 aromatic rings. The molecule has 0 aliphatic rings. The van der Waals surface area contributed by atoms with Crippen LogP contribution in [0.4, 0.5) is 0 Å². The number of nitrogens with zero attached hydrogens (tertiary/aromatic N) is 1. The quantitative estimate of drug-likeness (QED) is 0.567. The van der Waals surface area contributed by atoms with Gasteiger partial charge >= 0.3 is 5.97 Å². The topological polar surface area (TPSA) is 39.4 Å². The average Bonchev–Trinajstić information content (AvgIpc) is 3.02. The number of ether oxygens (including phenoxy) is 1. The van der Waals surface area contributed by atoms with E-state index in [9.17, 15) is 4.79 Å². The van der Waals surface area contributed by atoms with Gasteiger partial charge in [0, 0.05) is 12.3 Å². The van der Waals surface area contributed by atoms with Crippen LogP contribution in [-0.2, 0) is 4.74 Å². The molecule has 1 aromatic heterocycles. The minimum atomic E-state index is -0.393. The molecule has 0 N–H and O–H groups in total. The number of hydrogen-bond acceptors (Lipinski definition) is 3. The molecule has 4 nitrogen and oxygen atoms in total. The molecular weight excluding hydrogens is 302 g/mol. The van der Waals surface area contributed by atoms with Gasteiger partial charge in [-0.05, 0) is 24.6 Å². The van der Waals surface area contributed by atoms with Crippen LogP contribution in [0, 0.1) is 0 Å². The first-order chi connectivity index (χ1) is 11.3. The molecule has 0 saturated carbocycles. The second-order valence-electron chi connectivity index (χ2n) is 7.35. The minimum Gasteiger partial charge on any atom is -0.457 e. The molecule has 0 aliphatic carbocycles. The lowest BCUT2D eigenvalue weighted by Crippen LogP contribution is -2.37. The summed E-state index contributed by atoms with van der Waals surface area (Å²) in [6.07, 6.45) is 0.693. The van der Waals surface area contributed by atoms with Gasteiger partial charge in [0.1, 0.15) is 11.9 Å². The zero-order chi connectivity index (χ0) is 17.7. The molecule has 4 heteroatoms. The summed E-state index contributed by atoms with van der Waals surface area (Å²) >= 11 is 0. The van der Waals surface area contributed by atoms with Crippen LogP contribution < -0.4 is 0 Å². The van der Waals surface area contributed by atoms with Crippen LogP contribution in [0.1, 0.15) is 48.1 Å². The SMILES string of the molecule is C[C@H](c1ccccc1)c1ccc(C(=O)O[C@@H](C)CC[N+](C)(C)C)o1. The summed E-state index contributed by atoms with van der Waals surface area (Å²) in [5.41, 5.74) is 1.16. The van der Waals surface area contributed by atoms with Crippen molar-refractivity contribution in [3.05, 3.63) is 59.5 Å². The summed E-state index contributed by atoms with van der Waals surface area (Å²) in [5.74, 6) is 0.746. The minimum absolute atomic E-state index is 0.100. The van der Waals surface area contributed by atoms with Gasteiger partial charge in [0.2, 0.25) is 5.76 Å². The number of quaternary nitrogens is 1. The third kappa shape index (κ3) is 5.24. The van der Waals surface area contributed by atoms with Crippen molar-refractivity contribution in [1.29, 1.82) is 0 Å². The predicted molar refractivity (Wildman–Crippen MR) is 95.1 cm³/mol. The Kier molecular flexibility index (Phi) is 5.84. The Morgan fingerprint density at radius 1 is 1.08 bits per heavy atom. The van der Waals surface area contributed by atoms with Crippen LogP contribution in [-0.4, -0.2) is 44.2 Å². The van der Waals surface area contributed by atoms with E-state index in [0.29, 0.717) is 0 Å². The van der Waals surface area contributed by atoms with Crippen molar-refractivity contribution in [3.63, 3.8) is 0 Å². The largest absolute Gasteiger partial charge is 0.457 e. The van der Waals surface area contributed by atoms with Gasteiger partial charge in [-0.1, -0.05) is 37.3 Å². The van der Waals surface area contributed by atoms with E-state index in [0.717, 1.165) is 28.8 Å². The van der Waals surface area contributed by atoms with E-state index in [1.165, 1.54) is 0 Å². The predicted octanol–water partition coefficient (Wildman–Crippen LogP) is 4.07. The highest BCUT2D eigenvalue weighted by Crippen LogP contribution is 2.26. The number of benzene rings is 1. The number of carbonyl (C=O) groups excluding carboxylic acids is 1. The normalized spacial score (nSPS) is 14.2. The third-order valence-corrected chi connectivity index (χ3v) is 4.07. The summed E-state index contributed by atoms with van der Waals surface area (Å²) < 4.78 is 12.1. The Morgan fingerprint density at radius 2 is 1.75 bits per heavy atom. The van der Waals surface area contributed by atoms with E-state index in [-0.39, 0.29) is 17.8 Å². The Hall–Kier alpha value is -2.07. The van der Waals surface area contributed by atoms with Gasteiger partial charge in [-0.2, -0.15) is 0 Å². The molecule has 0 saturated heterocycles. The van der Waals surface area contributed by atoms with Crippen molar-refractivity contribution in [1.82, 2.24) is 0 Å². The van der Waals surface area contributed by atoms with E-state index in [1.54, 1.807) is 6.07 Å². The molecule has 0 radical (unpaired) electrons. The second-order valence-corrected chi connectivity index (χ2v) is 7.35. The first kappa shape index (κ1) is 18.3. The summed E-state index contributed by atoms with van der Waals surface area (Å²) in [6, 6.07) is 13.6. The molecule has 0 bridgehead atoms. The summed E-state index contributed by atoms with van der Waals surface area (Å²) in [4.78, 5) is 12.2. The molecule has 1 heterocycles. The number of carbonyl (C=O) groups is 1. The number of rotatable bonds is 7. The van der Waals surface area contributed by atoms with E-state index >= 15 is 0 Å². The van der Waals surface area contributed by atoms with Crippen molar-refractivity contribution in [2.24, 2.45) is 0 Å². The maximum atomic E-state index is 12.2. The summed E-state index contributed by atoms with van der Waals surface area (Å²) in [6.45, 7) is 4.93. The smallest absolute Gasteiger partial charge is 0.374 e. The average molecular weight is 330 g/mol. The summed E-state index contributed by atoms with van der Waals surface area (Å²) in [5, 5.41) is 0. The zero-order valence-electron chi connectivity index (χ0n) is 15.3. The van der Waals surface area contributed by atoms with Crippen LogP contribution in [0.3, 0.4) is 0 Å². The van der Waals surface area contributed by atoms with E-state index in [1.807, 2.05) is 31.2 Å². The van der Waals surface area contributed by atoms with Gasteiger partial charge < -0.3 is 13.6 Å². The van der Waals surface area contributed by atoms with Crippen molar-refractivity contribution >= 4 is 5.97 Å². The Bertz CT molecular complexity index is 655. The first-order valence-electron chi connectivity index (χ1n) is 8.42. The van der Waals surface area contributed by atoms with Crippen molar-refractivity contribution in [3.8, 4) is 0 Å². The Balaban J connectivity index is 1.96. The van der Waals surface area contributed by atoms with Crippen LogP contribution in [0.5, 0.6) is 0 Å². The van der Waals surface area contributed by atoms with Gasteiger partial charge in [0.05, 0.1) is 27.7 Å². The highest BCUT2D eigenvalue weighted by molar-refractivity contribution is 5.86. The molecule has 0 aliphatic heterocycles. The molecular formula is C20H28NO3+. The van der Waals surface area contributed by atoms with Crippen molar-refractivity contribution in [2.75, 3.05) is 27.7 Å². The van der Waals surface area contributed by atoms with Crippen molar-refractivity contribution < 1.29 is 18.4 Å². The summed E-state index contributed by atoms with van der Waals surface area (Å²) in [7, 11) is 6.37. The second kappa shape index (κ2) is 7.67. The van der Waals surface area contributed by atoms with Gasteiger partial charge in [-0.25, -0.2) is 4.79 Å². The molecule has 0 fully saturated rings. The number of furan rings is 1. The molecule has 130 valence electrons. The van der Waals surface area contributed by atoms with Crippen molar-refractivity contribution in [2.45, 2.75) is 32.3 Å². The first-order valence-corrected chi connectivity index (χ1v) is 8.42. The maximum absolute atomic E-state index is 12.2. The van der Waals surface area contributed by atoms with Gasteiger partial charge in [0.25, 0.3) is 0 Å². The molecule has 2 rings (SSSR count). The van der Waals surface area contributed by atoms with Gasteiger partial charge in [-0.15, -0.1) is 0 Å². The maximum Gasteiger partial charge on any atom is 0.374 e. The van der Waals surface area contributed by atoms with E-state index in [2.05, 4.69) is 40.2 Å². The monoisotopic (exact) mass is 330 g/mol. The van der Waals surface area contributed by atoms with Gasteiger partial charge in [0.15, 0.2) is 0 Å². The zero-order valence-corrected chi connectivity index (χ0v) is 15.3. The van der Waals surface area contributed by atoms with Crippen LogP contribution in [0.15, 0.2) is 46.9 Å². The molecule has 0 unspecified atom stereocenters. The standard InChI is InChI=1S/C20H28NO3/c1-15(13-14-21(3,4)5)23-20(22)19-12-11-18(24-19)16(2)17-9-7-6-8-10-17/h6-12,15-16H,13-14H2,1-5H3/q+1/t15-,16+/m0/s1. The highest BCUT2D eigenvalue weighted by Gasteiger charge is 2.20. The fourth-order valence-electron chi connectivity index (χ4n) is 2.47. The number of esters is 1. The molecule has 1 aromatic carbocycles. The van der Waals surface area contributed by atoms with Gasteiger partial charge in [-0.3, -0.25) is 0 Å². The third-order valence-electron chi connectivity index (χ3n) is 4.07. The lowest BCUT2D eigenvalue weighted by atomic mass is 9.99. The fraction of sp³-hybridized carbons (Fsp3) is 0.450. The van der Waals surface area contributed by atoms with Crippen LogP contribution in [0.2, 0.25) is 0 Å². The highest BCUT2D eigenvalue weighted by atomic mass is 16.6. The number of hydrogen-bond donors (Lipinski definition) is 0. The van der Waals surface area contributed by atoms with Crippen LogP contribution in [0.25, 0.3) is 0 Å². The molecule has 2 atom stereocenters. The fourth-order valence-corrected chi connectivity index (χ4v) is 2.47. The Labute approximate surface area is 144 Å². The van der Waals surface area contributed by atoms with E-state index in [4.69, 9.17) is 9.15 Å².